The van der Waals surface area contributed by atoms with Crippen LogP contribution in [0.5, 0.6) is 0 Å². The molecule has 1 heterocycles. The van der Waals surface area contributed by atoms with Crippen molar-refractivity contribution in [1.82, 2.24) is 4.37 Å². The van der Waals surface area contributed by atoms with Crippen molar-refractivity contribution < 1.29 is 0 Å². The van der Waals surface area contributed by atoms with Gasteiger partial charge in [-0.05, 0) is 17.8 Å². The molecule has 1 aromatic rings. The monoisotopic (exact) mass is 196 g/mol. The van der Waals surface area contributed by atoms with Gasteiger partial charge < -0.3 is 0 Å². The van der Waals surface area contributed by atoms with Crippen LogP contribution in [0.3, 0.4) is 0 Å². The number of thioether (sulfide) groups is 1. The summed E-state index contributed by atoms with van der Waals surface area (Å²) in [6.07, 6.45) is 4.45. The molecular formula is C8H8N2S2. The molecule has 0 N–H and O–H groups in total. The van der Waals surface area contributed by atoms with Crippen LogP contribution in [0, 0.1) is 11.3 Å². The molecule has 0 saturated carbocycles. The van der Waals surface area contributed by atoms with E-state index in [0.717, 1.165) is 16.3 Å². The van der Waals surface area contributed by atoms with Crippen molar-refractivity contribution in [2.75, 3.05) is 6.26 Å². The first kappa shape index (κ1) is 9.30. The summed E-state index contributed by atoms with van der Waals surface area (Å²) in [7, 11) is 0. The van der Waals surface area contributed by atoms with Crippen LogP contribution >= 0.6 is 23.3 Å². The second kappa shape index (κ2) is 4.29. The van der Waals surface area contributed by atoms with E-state index in [1.54, 1.807) is 6.08 Å². The maximum Gasteiger partial charge on any atom is 0.128 e. The fourth-order valence-corrected chi connectivity index (χ4v) is 2.38. The third kappa shape index (κ3) is 1.68. The molecule has 0 bridgehead atoms. The van der Waals surface area contributed by atoms with Crippen LogP contribution < -0.4 is 0 Å². The molecule has 1 rings (SSSR count). The molecule has 0 fully saturated rings. The van der Waals surface area contributed by atoms with Gasteiger partial charge in [-0.3, -0.25) is 0 Å². The highest BCUT2D eigenvalue weighted by atomic mass is 32.2. The molecule has 4 heteroatoms. The third-order valence-electron chi connectivity index (χ3n) is 1.37. The van der Waals surface area contributed by atoms with Crippen molar-refractivity contribution in [3.8, 4) is 6.07 Å². The summed E-state index contributed by atoms with van der Waals surface area (Å²) in [6, 6.07) is 2.16. The summed E-state index contributed by atoms with van der Waals surface area (Å²) in [5.74, 6) is 0. The zero-order valence-corrected chi connectivity index (χ0v) is 8.34. The summed E-state index contributed by atoms with van der Waals surface area (Å²) in [5, 5.41) is 9.65. The fraction of sp³-hybridized carbons (Fsp3) is 0.250. The van der Waals surface area contributed by atoms with Gasteiger partial charge in [0.25, 0.3) is 0 Å². The SMILES string of the molecule is C=CCc1snc(SC)c1C#N. The predicted octanol–water partition coefficient (Wildman–Crippen LogP) is 2.47. The minimum absolute atomic E-state index is 0.715. The van der Waals surface area contributed by atoms with Crippen molar-refractivity contribution in [1.29, 1.82) is 5.26 Å². The molecule has 12 heavy (non-hydrogen) atoms. The van der Waals surface area contributed by atoms with Crippen LogP contribution in [0.2, 0.25) is 0 Å². The highest BCUT2D eigenvalue weighted by Gasteiger charge is 2.10. The first-order chi connectivity index (χ1) is 5.83. The molecule has 1 aromatic heterocycles. The lowest BCUT2D eigenvalue weighted by Crippen LogP contribution is -1.81. The van der Waals surface area contributed by atoms with Crippen LogP contribution in [-0.2, 0) is 6.42 Å². The molecule has 0 aliphatic carbocycles. The summed E-state index contributed by atoms with van der Waals surface area (Å²) in [5.41, 5.74) is 0.715. The Morgan fingerprint density at radius 2 is 2.58 bits per heavy atom. The largest absolute Gasteiger partial charge is 0.192 e. The Labute approximate surface area is 80.1 Å². The number of nitriles is 1. The van der Waals surface area contributed by atoms with Crippen LogP contribution in [0.25, 0.3) is 0 Å². The minimum atomic E-state index is 0.715. The van der Waals surface area contributed by atoms with Crippen molar-refractivity contribution in [3.05, 3.63) is 23.1 Å². The van der Waals surface area contributed by atoms with E-state index in [0.29, 0.717) is 5.56 Å². The molecule has 0 aliphatic heterocycles. The Hall–Kier alpha value is -0.790. The van der Waals surface area contributed by atoms with E-state index in [2.05, 4.69) is 17.0 Å². The molecule has 0 saturated heterocycles. The number of allylic oxidation sites excluding steroid dienone is 1. The quantitative estimate of drug-likeness (QED) is 0.550. The van der Waals surface area contributed by atoms with Crippen molar-refractivity contribution >= 4 is 23.3 Å². The van der Waals surface area contributed by atoms with E-state index in [-0.39, 0.29) is 0 Å². The van der Waals surface area contributed by atoms with Crippen LogP contribution in [0.4, 0.5) is 0 Å². The Morgan fingerprint density at radius 3 is 3.08 bits per heavy atom. The lowest BCUT2D eigenvalue weighted by atomic mass is 10.2. The summed E-state index contributed by atoms with van der Waals surface area (Å²) in [4.78, 5) is 1.01. The normalized spacial score (nSPS) is 9.33. The first-order valence-corrected chi connectivity index (χ1v) is 5.36. The predicted molar refractivity (Wildman–Crippen MR) is 52.5 cm³/mol. The average molecular weight is 196 g/mol. The standard InChI is InChI=1S/C8H8N2S2/c1-3-4-7-6(5-9)8(11-2)10-12-7/h3H,1,4H2,2H3. The van der Waals surface area contributed by atoms with Crippen LogP contribution in [0.15, 0.2) is 17.7 Å². The first-order valence-electron chi connectivity index (χ1n) is 3.37. The number of hydrogen-bond acceptors (Lipinski definition) is 4. The summed E-state index contributed by atoms with van der Waals surface area (Å²) in [6.45, 7) is 3.63. The van der Waals surface area contributed by atoms with Gasteiger partial charge in [0.05, 0.1) is 0 Å². The Morgan fingerprint density at radius 1 is 1.83 bits per heavy atom. The van der Waals surface area contributed by atoms with Gasteiger partial charge in [0.1, 0.15) is 16.7 Å². The number of nitrogens with zero attached hydrogens (tertiary/aromatic N) is 2. The number of hydrogen-bond donors (Lipinski definition) is 0. The van der Waals surface area contributed by atoms with Gasteiger partial charge in [0.2, 0.25) is 0 Å². The molecule has 0 amide bonds. The zero-order chi connectivity index (χ0) is 8.97. The van der Waals surface area contributed by atoms with Crippen LogP contribution in [0.1, 0.15) is 10.4 Å². The second-order valence-electron chi connectivity index (χ2n) is 2.09. The minimum Gasteiger partial charge on any atom is -0.192 e. The fourth-order valence-electron chi connectivity index (χ4n) is 0.827. The lowest BCUT2D eigenvalue weighted by Gasteiger charge is -1.89. The van der Waals surface area contributed by atoms with Gasteiger partial charge in [-0.15, -0.1) is 18.3 Å². The topological polar surface area (TPSA) is 36.7 Å². The molecule has 62 valence electrons. The Bertz CT molecular complexity index is 322. The van der Waals surface area contributed by atoms with Gasteiger partial charge >= 0.3 is 0 Å². The van der Waals surface area contributed by atoms with E-state index in [9.17, 15) is 0 Å². The third-order valence-corrected chi connectivity index (χ3v) is 3.03. The van der Waals surface area contributed by atoms with Gasteiger partial charge in [-0.25, -0.2) is 0 Å². The van der Waals surface area contributed by atoms with Crippen molar-refractivity contribution in [2.24, 2.45) is 0 Å². The van der Waals surface area contributed by atoms with Crippen molar-refractivity contribution in [2.45, 2.75) is 11.4 Å². The Balaban J connectivity index is 3.06. The molecule has 0 aliphatic rings. The molecule has 0 radical (unpaired) electrons. The van der Waals surface area contributed by atoms with E-state index >= 15 is 0 Å². The van der Waals surface area contributed by atoms with Crippen LogP contribution in [-0.4, -0.2) is 10.6 Å². The average Bonchev–Trinajstić information content (AvgIpc) is 2.47. The van der Waals surface area contributed by atoms with Gasteiger partial charge in [-0.2, -0.15) is 9.64 Å². The maximum atomic E-state index is 8.81. The van der Waals surface area contributed by atoms with E-state index in [4.69, 9.17) is 5.26 Å². The molecular weight excluding hydrogens is 188 g/mol. The zero-order valence-electron chi connectivity index (χ0n) is 6.70. The van der Waals surface area contributed by atoms with Crippen molar-refractivity contribution in [3.63, 3.8) is 0 Å². The smallest absolute Gasteiger partial charge is 0.128 e. The molecule has 0 aromatic carbocycles. The number of rotatable bonds is 3. The Kier molecular flexibility index (Phi) is 3.32. The lowest BCUT2D eigenvalue weighted by molar-refractivity contribution is 1.22. The van der Waals surface area contributed by atoms with Gasteiger partial charge in [0, 0.05) is 11.3 Å². The van der Waals surface area contributed by atoms with Gasteiger partial charge in [-0.1, -0.05) is 6.08 Å². The van der Waals surface area contributed by atoms with Gasteiger partial charge in [0.15, 0.2) is 0 Å². The van der Waals surface area contributed by atoms with E-state index in [1.807, 2.05) is 6.26 Å². The molecule has 0 atom stereocenters. The maximum absolute atomic E-state index is 8.81. The number of aromatic nitrogens is 1. The highest BCUT2D eigenvalue weighted by Crippen LogP contribution is 2.25. The highest BCUT2D eigenvalue weighted by molar-refractivity contribution is 7.98. The summed E-state index contributed by atoms with van der Waals surface area (Å²) >= 11 is 2.89. The molecule has 2 nitrogen and oxygen atoms in total. The summed E-state index contributed by atoms with van der Waals surface area (Å²) < 4.78 is 4.16. The molecule has 0 unspecified atom stereocenters. The second-order valence-corrected chi connectivity index (χ2v) is 3.75. The van der Waals surface area contributed by atoms with E-state index < -0.39 is 0 Å². The molecule has 0 spiro atoms. The van der Waals surface area contributed by atoms with E-state index in [1.165, 1.54) is 23.3 Å².